The van der Waals surface area contributed by atoms with Gasteiger partial charge in [-0.15, -0.1) is 0 Å². The van der Waals surface area contributed by atoms with Crippen molar-refractivity contribution in [2.45, 2.75) is 13.1 Å². The van der Waals surface area contributed by atoms with Crippen molar-refractivity contribution in [3.05, 3.63) is 65.7 Å². The Morgan fingerprint density at radius 1 is 0.846 bits per heavy atom. The van der Waals surface area contributed by atoms with Crippen LogP contribution in [0.2, 0.25) is 0 Å². The first kappa shape index (κ1) is 16.9. The zero-order valence-electron chi connectivity index (χ0n) is 14.6. The normalized spacial score (nSPS) is 16.2. The van der Waals surface area contributed by atoms with Gasteiger partial charge in [0.25, 0.3) is 0 Å². The van der Waals surface area contributed by atoms with Crippen molar-refractivity contribution in [3.63, 3.8) is 0 Å². The lowest BCUT2D eigenvalue weighted by atomic mass is 10.2. The first-order valence-electron chi connectivity index (χ1n) is 8.88. The van der Waals surface area contributed by atoms with E-state index in [0.717, 1.165) is 55.0 Å². The average molecular weight is 351 g/mol. The molecule has 1 fully saturated rings. The number of rotatable bonds is 4. The van der Waals surface area contributed by atoms with Crippen molar-refractivity contribution in [1.29, 1.82) is 0 Å². The zero-order chi connectivity index (χ0) is 17.9. The first-order chi connectivity index (χ1) is 12.7. The Hall–Kier alpha value is -2.57. The average Bonchev–Trinajstić information content (AvgIpc) is 2.65. The van der Waals surface area contributed by atoms with Crippen LogP contribution >= 0.6 is 0 Å². The Morgan fingerprint density at radius 3 is 2.23 bits per heavy atom. The standard InChI is InChI=1S/C20H22FN5/c21-16-7-5-15(6-8-16)13-25-9-11-26(12-10-25)14-19-23-18-4-2-1-3-17(18)20(22)24-19/h1-8H,9-14H2,(H2,22,23,24). The van der Waals surface area contributed by atoms with E-state index in [1.54, 1.807) is 0 Å². The van der Waals surface area contributed by atoms with E-state index in [-0.39, 0.29) is 5.82 Å². The van der Waals surface area contributed by atoms with E-state index in [0.29, 0.717) is 12.4 Å². The van der Waals surface area contributed by atoms with Gasteiger partial charge in [0.1, 0.15) is 17.5 Å². The van der Waals surface area contributed by atoms with Crippen LogP contribution in [0, 0.1) is 5.82 Å². The third-order valence-electron chi connectivity index (χ3n) is 4.83. The molecule has 0 aliphatic carbocycles. The minimum Gasteiger partial charge on any atom is -0.383 e. The molecule has 2 aromatic carbocycles. The molecule has 0 saturated carbocycles. The van der Waals surface area contributed by atoms with Crippen molar-refractivity contribution >= 4 is 16.7 Å². The highest BCUT2D eigenvalue weighted by Crippen LogP contribution is 2.18. The Bertz CT molecular complexity index is 888. The highest BCUT2D eigenvalue weighted by atomic mass is 19.1. The van der Waals surface area contributed by atoms with Crippen molar-refractivity contribution in [2.75, 3.05) is 31.9 Å². The van der Waals surface area contributed by atoms with Gasteiger partial charge in [-0.3, -0.25) is 9.80 Å². The van der Waals surface area contributed by atoms with Gasteiger partial charge in [-0.2, -0.15) is 0 Å². The van der Waals surface area contributed by atoms with Crippen LogP contribution in [0.3, 0.4) is 0 Å². The largest absolute Gasteiger partial charge is 0.383 e. The maximum absolute atomic E-state index is 13.0. The fourth-order valence-electron chi connectivity index (χ4n) is 3.38. The molecule has 3 aromatic rings. The lowest BCUT2D eigenvalue weighted by Gasteiger charge is -2.34. The number of nitrogens with two attached hydrogens (primary N) is 1. The molecule has 1 saturated heterocycles. The maximum atomic E-state index is 13.0. The van der Waals surface area contributed by atoms with Crippen molar-refractivity contribution in [3.8, 4) is 0 Å². The number of benzene rings is 2. The molecule has 0 unspecified atom stereocenters. The Kier molecular flexibility index (Phi) is 4.77. The second-order valence-corrected chi connectivity index (χ2v) is 6.72. The third kappa shape index (κ3) is 3.81. The van der Waals surface area contributed by atoms with Gasteiger partial charge >= 0.3 is 0 Å². The second-order valence-electron chi connectivity index (χ2n) is 6.72. The van der Waals surface area contributed by atoms with E-state index < -0.39 is 0 Å². The van der Waals surface area contributed by atoms with Crippen molar-refractivity contribution < 1.29 is 4.39 Å². The number of fused-ring (bicyclic) bond motifs is 1. The highest BCUT2D eigenvalue weighted by molar-refractivity contribution is 5.87. The van der Waals surface area contributed by atoms with Gasteiger partial charge in [-0.05, 0) is 29.8 Å². The summed E-state index contributed by atoms with van der Waals surface area (Å²) in [6.07, 6.45) is 0. The van der Waals surface area contributed by atoms with Crippen LogP contribution in [0.1, 0.15) is 11.4 Å². The van der Waals surface area contributed by atoms with E-state index in [4.69, 9.17) is 5.73 Å². The lowest BCUT2D eigenvalue weighted by Crippen LogP contribution is -2.45. The number of halogens is 1. The molecule has 134 valence electrons. The van der Waals surface area contributed by atoms with Crippen LogP contribution < -0.4 is 5.73 Å². The summed E-state index contributed by atoms with van der Waals surface area (Å²) in [4.78, 5) is 13.8. The quantitative estimate of drug-likeness (QED) is 0.783. The molecule has 0 bridgehead atoms. The summed E-state index contributed by atoms with van der Waals surface area (Å²) < 4.78 is 13.0. The molecule has 5 nitrogen and oxygen atoms in total. The van der Waals surface area contributed by atoms with Crippen LogP contribution in [0.4, 0.5) is 10.2 Å². The first-order valence-corrected chi connectivity index (χ1v) is 8.88. The summed E-state index contributed by atoms with van der Waals surface area (Å²) in [6, 6.07) is 14.6. The zero-order valence-corrected chi connectivity index (χ0v) is 14.6. The van der Waals surface area contributed by atoms with E-state index in [1.807, 2.05) is 36.4 Å². The van der Waals surface area contributed by atoms with Crippen LogP contribution in [0.25, 0.3) is 10.9 Å². The fourth-order valence-corrected chi connectivity index (χ4v) is 3.38. The minimum absolute atomic E-state index is 0.187. The molecule has 1 aliphatic rings. The molecule has 1 aliphatic heterocycles. The van der Waals surface area contributed by atoms with E-state index in [9.17, 15) is 4.39 Å². The molecule has 0 radical (unpaired) electrons. The number of para-hydroxylation sites is 1. The number of hydrogen-bond donors (Lipinski definition) is 1. The Labute approximate surface area is 152 Å². The van der Waals surface area contributed by atoms with Crippen LogP contribution in [0.15, 0.2) is 48.5 Å². The summed E-state index contributed by atoms with van der Waals surface area (Å²) in [6.45, 7) is 5.42. The Balaban J connectivity index is 1.36. The van der Waals surface area contributed by atoms with Crippen molar-refractivity contribution in [1.82, 2.24) is 19.8 Å². The molecule has 26 heavy (non-hydrogen) atoms. The fraction of sp³-hybridized carbons (Fsp3) is 0.300. The van der Waals surface area contributed by atoms with Crippen LogP contribution in [-0.4, -0.2) is 45.9 Å². The smallest absolute Gasteiger partial charge is 0.145 e. The molecule has 6 heteroatoms. The number of hydrogen-bond acceptors (Lipinski definition) is 5. The van der Waals surface area contributed by atoms with Gasteiger partial charge in [0.05, 0.1) is 12.1 Å². The number of nitrogen functional groups attached to an aromatic ring is 1. The SMILES string of the molecule is Nc1nc(CN2CCN(Cc3ccc(F)cc3)CC2)nc2ccccc12. The van der Waals surface area contributed by atoms with Gasteiger partial charge in [0.2, 0.25) is 0 Å². The molecule has 0 amide bonds. The minimum atomic E-state index is -0.187. The second kappa shape index (κ2) is 7.35. The van der Waals surface area contributed by atoms with Crippen LogP contribution in [0.5, 0.6) is 0 Å². The molecule has 2 heterocycles. The van der Waals surface area contributed by atoms with Crippen LogP contribution in [-0.2, 0) is 13.1 Å². The van der Waals surface area contributed by atoms with E-state index in [2.05, 4.69) is 19.8 Å². The van der Waals surface area contributed by atoms with Gasteiger partial charge in [-0.25, -0.2) is 14.4 Å². The Morgan fingerprint density at radius 2 is 1.50 bits per heavy atom. The summed E-state index contributed by atoms with van der Waals surface area (Å²) in [7, 11) is 0. The molecule has 0 spiro atoms. The monoisotopic (exact) mass is 351 g/mol. The topological polar surface area (TPSA) is 58.3 Å². The molecule has 2 N–H and O–H groups in total. The predicted molar refractivity (Wildman–Crippen MR) is 101 cm³/mol. The molecule has 0 atom stereocenters. The molecular formula is C20H22FN5. The number of nitrogens with zero attached hydrogens (tertiary/aromatic N) is 4. The highest BCUT2D eigenvalue weighted by Gasteiger charge is 2.18. The van der Waals surface area contributed by atoms with E-state index in [1.165, 1.54) is 12.1 Å². The number of aromatic nitrogens is 2. The van der Waals surface area contributed by atoms with Gasteiger partial charge in [0.15, 0.2) is 0 Å². The number of anilines is 1. The molecular weight excluding hydrogens is 329 g/mol. The van der Waals surface area contributed by atoms with Gasteiger partial charge < -0.3 is 5.73 Å². The molecule has 1 aromatic heterocycles. The summed E-state index contributed by atoms with van der Waals surface area (Å²) in [5, 5.41) is 0.903. The predicted octanol–water partition coefficient (Wildman–Crippen LogP) is 2.67. The van der Waals surface area contributed by atoms with Gasteiger partial charge in [0, 0.05) is 38.1 Å². The summed E-state index contributed by atoms with van der Waals surface area (Å²) >= 11 is 0. The van der Waals surface area contributed by atoms with Crippen molar-refractivity contribution in [2.24, 2.45) is 0 Å². The third-order valence-corrected chi connectivity index (χ3v) is 4.83. The van der Waals surface area contributed by atoms with E-state index >= 15 is 0 Å². The maximum Gasteiger partial charge on any atom is 0.145 e. The summed E-state index contributed by atoms with van der Waals surface area (Å²) in [5.41, 5.74) is 8.11. The molecule has 4 rings (SSSR count). The summed E-state index contributed by atoms with van der Waals surface area (Å²) in [5.74, 6) is 1.13. The number of piperazine rings is 1. The van der Waals surface area contributed by atoms with Gasteiger partial charge in [-0.1, -0.05) is 24.3 Å². The lowest BCUT2D eigenvalue weighted by molar-refractivity contribution is 0.120.